The predicted molar refractivity (Wildman–Crippen MR) is 347 cm³/mol. The number of carbonyl (C=O) groups excluding carboxylic acids is 3. The van der Waals surface area contributed by atoms with Crippen LogP contribution in [0.3, 0.4) is 0 Å². The van der Waals surface area contributed by atoms with Crippen LogP contribution >= 0.6 is 44.3 Å². The van der Waals surface area contributed by atoms with Crippen molar-refractivity contribution in [1.82, 2.24) is 20.0 Å². The van der Waals surface area contributed by atoms with Crippen LogP contribution in [0.25, 0.3) is 0 Å². The van der Waals surface area contributed by atoms with Crippen molar-refractivity contribution in [2.75, 3.05) is 84.6 Å². The number of ether oxygens (including phenoxy) is 4. The monoisotopic (exact) mass is 1320 g/mol. The normalized spacial score (nSPS) is 19.5. The second-order valence-corrected chi connectivity index (χ2v) is 24.0. The highest BCUT2D eigenvalue weighted by Crippen LogP contribution is 2.34. The summed E-state index contributed by atoms with van der Waals surface area (Å²) in [4.78, 5) is 39.5. The number of amides is 2. The van der Waals surface area contributed by atoms with Crippen molar-refractivity contribution in [2.45, 2.75) is 95.2 Å². The second-order valence-electron chi connectivity index (χ2n) is 22.3. The molecule has 15 nitrogen and oxygen atoms in total. The Hall–Kier alpha value is -5.86. The number of benzene rings is 6. The maximum atomic E-state index is 12.0. The summed E-state index contributed by atoms with van der Waals surface area (Å²) in [5, 5.41) is 42.5. The molecule has 4 fully saturated rings. The number of para-hydroxylation sites is 2. The Bertz CT molecular complexity index is 2770. The van der Waals surface area contributed by atoms with Gasteiger partial charge in [-0.15, -0.1) is 12.4 Å². The zero-order chi connectivity index (χ0) is 61.5. The van der Waals surface area contributed by atoms with Gasteiger partial charge in [0, 0.05) is 62.6 Å². The molecular weight excluding hydrogens is 1230 g/mol. The minimum absolute atomic E-state index is 0. The van der Waals surface area contributed by atoms with Gasteiger partial charge in [-0.1, -0.05) is 177 Å². The maximum Gasteiger partial charge on any atom is 0.410 e. The van der Waals surface area contributed by atoms with Crippen molar-refractivity contribution in [3.05, 3.63) is 203 Å². The fraction of sp³-hybridized carbons (Fsp3) is 0.418. The molecule has 6 aromatic carbocycles. The lowest BCUT2D eigenvalue weighted by Gasteiger charge is -2.26. The van der Waals surface area contributed by atoms with Crippen molar-refractivity contribution >= 4 is 62.2 Å². The number of carbonyl (C=O) groups is 3. The van der Waals surface area contributed by atoms with E-state index in [1.807, 2.05) is 224 Å². The van der Waals surface area contributed by atoms with E-state index in [4.69, 9.17) is 24.1 Å². The average molecular weight is 1320 g/mol. The molecule has 4 heterocycles. The van der Waals surface area contributed by atoms with Gasteiger partial charge in [0.1, 0.15) is 46.1 Å². The first-order valence-electron chi connectivity index (χ1n) is 28.4. The lowest BCUT2D eigenvalue weighted by Crippen LogP contribution is -2.38. The summed E-state index contributed by atoms with van der Waals surface area (Å²) in [6, 6.07) is 58.9. The number of nitrogens with one attached hydrogen (secondary N) is 1. The molecule has 10 rings (SSSR count). The fourth-order valence-electron chi connectivity index (χ4n) is 8.99. The highest BCUT2D eigenvalue weighted by Gasteiger charge is 2.41. The summed E-state index contributed by atoms with van der Waals surface area (Å²) in [6.45, 7) is 17.8. The quantitative estimate of drug-likeness (QED) is 0.0815. The van der Waals surface area contributed by atoms with Gasteiger partial charge in [-0.2, -0.15) is 0 Å². The van der Waals surface area contributed by atoms with Gasteiger partial charge in [0.2, 0.25) is 0 Å². The number of aliphatic hydroxyl groups is 4. The topological polar surface area (TPSA) is 191 Å². The molecule has 4 aliphatic heterocycles. The lowest BCUT2D eigenvalue weighted by atomic mass is 9.93. The number of Topliss-reactive ketones (excluding diaryl/α,β-unsaturated/α-hetero) is 1. The van der Waals surface area contributed by atoms with Crippen LogP contribution in [-0.2, 0) is 31.1 Å². The summed E-state index contributed by atoms with van der Waals surface area (Å²) >= 11 is 6.59. The largest absolute Gasteiger partial charge is 0.493 e. The molecule has 0 bridgehead atoms. The summed E-state index contributed by atoms with van der Waals surface area (Å²) in [7, 11) is 1.00. The van der Waals surface area contributed by atoms with Crippen LogP contribution in [0.1, 0.15) is 83.9 Å². The number of β-amino-alcohol motifs (C(OH)–C–C–N with tert-alkyl or cyclic N) is 3. The molecule has 464 valence electrons. The standard InChI is InChI=1S/C18H21NO2.C15H21NO3.C10H13NO.C9H15NO3.C8H9BrO.C6H5Br.CH4O.ClH/c20-18(16-7-3-1-4-8-16)11-12-19(15-18)13-14-21-17-9-5-2-6-10-17;1-14(2,3)19-13(17)16-10-9-15(18,11-16)12-7-5-4-6-8-12;12-10(6-7-11-8-10)9-4-2-1-3-5-9;1-9(2,3)13-8(12)10-5-4-7(11)6-10;9-6-7-10-8-4-2-1-3-5-8;7-6-4-2-1-3-5-6;1-2;/h1-10,20H,11-15H2;4-8,18H,9-11H2,1-3H3;1-5,11-12H,6-8H2;4-6H2,1-3H3;1-5H,6-7H2;1-5H;2H,1H3;1H. The van der Waals surface area contributed by atoms with Gasteiger partial charge in [-0.3, -0.25) is 9.69 Å². The Labute approximate surface area is 527 Å². The minimum Gasteiger partial charge on any atom is -0.493 e. The van der Waals surface area contributed by atoms with Gasteiger partial charge in [0.25, 0.3) is 0 Å². The summed E-state index contributed by atoms with van der Waals surface area (Å²) in [5.41, 5.74) is -0.409. The Kier molecular flexibility index (Phi) is 32.5. The first kappa shape index (κ1) is 73.4. The first-order valence-corrected chi connectivity index (χ1v) is 30.3. The molecule has 3 atom stereocenters. The van der Waals surface area contributed by atoms with Crippen molar-refractivity contribution in [3.8, 4) is 11.5 Å². The van der Waals surface area contributed by atoms with Crippen LogP contribution < -0.4 is 14.8 Å². The van der Waals surface area contributed by atoms with Crippen LogP contribution in [0, 0.1) is 0 Å². The number of alkyl halides is 1. The molecule has 4 aliphatic rings. The van der Waals surface area contributed by atoms with E-state index in [-0.39, 0.29) is 37.4 Å². The molecule has 0 aliphatic carbocycles. The van der Waals surface area contributed by atoms with Gasteiger partial charge in [-0.25, -0.2) is 9.59 Å². The molecule has 3 unspecified atom stereocenters. The van der Waals surface area contributed by atoms with Crippen LogP contribution in [-0.4, -0.2) is 149 Å². The summed E-state index contributed by atoms with van der Waals surface area (Å²) in [5.74, 6) is 1.93. The zero-order valence-electron chi connectivity index (χ0n) is 50.3. The van der Waals surface area contributed by atoms with Gasteiger partial charge in [-0.05, 0) is 120 Å². The van der Waals surface area contributed by atoms with Gasteiger partial charge < -0.3 is 54.5 Å². The number of likely N-dealkylation sites (tertiary alicyclic amines) is 3. The highest BCUT2D eigenvalue weighted by molar-refractivity contribution is 9.10. The number of halogens is 3. The maximum absolute atomic E-state index is 12.0. The molecule has 6 aromatic rings. The van der Waals surface area contributed by atoms with Gasteiger partial charge >= 0.3 is 12.2 Å². The molecule has 85 heavy (non-hydrogen) atoms. The molecule has 18 heteroatoms. The van der Waals surface area contributed by atoms with E-state index in [9.17, 15) is 29.7 Å². The molecule has 0 saturated carbocycles. The van der Waals surface area contributed by atoms with Crippen molar-refractivity contribution in [1.29, 1.82) is 0 Å². The second kappa shape index (κ2) is 37.6. The summed E-state index contributed by atoms with van der Waals surface area (Å²) in [6.07, 6.45) is 1.84. The Morgan fingerprint density at radius 1 is 0.541 bits per heavy atom. The third-order valence-electron chi connectivity index (χ3n) is 13.2. The molecule has 4 saturated heterocycles. The Morgan fingerprint density at radius 2 is 0.941 bits per heavy atom. The molecule has 0 spiro atoms. The van der Waals surface area contributed by atoms with Crippen LogP contribution in [0.5, 0.6) is 11.5 Å². The zero-order valence-corrected chi connectivity index (χ0v) is 54.3. The number of nitrogens with zero attached hydrogens (tertiary/aromatic N) is 3. The van der Waals surface area contributed by atoms with E-state index in [0.29, 0.717) is 45.6 Å². The van der Waals surface area contributed by atoms with E-state index in [1.165, 1.54) is 4.90 Å². The number of ketones is 1. The lowest BCUT2D eigenvalue weighted by molar-refractivity contribution is -0.117. The number of hydrogen-bond acceptors (Lipinski definition) is 13. The summed E-state index contributed by atoms with van der Waals surface area (Å²) < 4.78 is 22.6. The predicted octanol–water partition coefficient (Wildman–Crippen LogP) is 12.2. The van der Waals surface area contributed by atoms with Gasteiger partial charge in [0.15, 0.2) is 5.78 Å². The fourth-order valence-corrected chi connectivity index (χ4v) is 9.46. The molecule has 2 amide bonds. The molecule has 0 aromatic heterocycles. The van der Waals surface area contributed by atoms with E-state index < -0.39 is 34.1 Å². The smallest absolute Gasteiger partial charge is 0.410 e. The minimum atomic E-state index is -0.960. The number of hydrogen-bond donors (Lipinski definition) is 5. The van der Waals surface area contributed by atoms with Gasteiger partial charge in [0.05, 0.1) is 19.7 Å². The molecular formula is C67H89Br2ClN4O11. The Morgan fingerprint density at radius 3 is 1.33 bits per heavy atom. The SMILES string of the molecule is BrCCOc1ccccc1.Brc1ccccc1.CC(C)(C)OC(=O)N1CCC(=O)C1.CC(C)(C)OC(=O)N1CCC(O)(c2ccccc2)C1.CO.Cl.OC1(c2ccccc2)CCN(CCOc2ccccc2)C1.OC1(c2ccccc2)CCNC1. The van der Waals surface area contributed by atoms with Crippen LogP contribution in [0.15, 0.2) is 186 Å². The molecule has 5 N–H and O–H groups in total. The van der Waals surface area contributed by atoms with E-state index >= 15 is 0 Å². The average Bonchev–Trinajstić information content (AvgIpc) is 3.41. The van der Waals surface area contributed by atoms with E-state index in [2.05, 4.69) is 42.1 Å². The third-order valence-corrected chi connectivity index (χ3v) is 14.1. The number of aliphatic hydroxyl groups excluding tert-OH is 1. The van der Waals surface area contributed by atoms with E-state index in [1.54, 1.807) is 4.90 Å². The van der Waals surface area contributed by atoms with Crippen molar-refractivity contribution in [2.24, 2.45) is 0 Å². The third kappa shape index (κ3) is 27.6. The van der Waals surface area contributed by atoms with Crippen LogP contribution in [0.2, 0.25) is 0 Å². The van der Waals surface area contributed by atoms with Crippen molar-refractivity contribution in [3.63, 3.8) is 0 Å². The highest BCUT2D eigenvalue weighted by atomic mass is 79.9. The number of rotatable bonds is 10. The molecule has 0 radical (unpaired) electrons. The van der Waals surface area contributed by atoms with E-state index in [0.717, 1.165) is 84.2 Å². The van der Waals surface area contributed by atoms with Crippen molar-refractivity contribution < 1.29 is 53.8 Å². The Balaban J connectivity index is 0.000000273. The van der Waals surface area contributed by atoms with Crippen LogP contribution in [0.4, 0.5) is 9.59 Å². The first-order chi connectivity index (χ1) is 40.1.